The number of carbonyl (C=O) groups excluding carboxylic acids is 1. The Balaban J connectivity index is 2.32. The molecule has 0 aliphatic rings. The lowest BCUT2D eigenvalue weighted by Gasteiger charge is -2.08. The van der Waals surface area contributed by atoms with Crippen LogP contribution in [0.25, 0.3) is 0 Å². The average Bonchev–Trinajstić information content (AvgIpc) is 2.34. The fourth-order valence-electron chi connectivity index (χ4n) is 1.49. The first kappa shape index (κ1) is 13.6. The molecule has 0 spiro atoms. The van der Waals surface area contributed by atoms with Gasteiger partial charge in [0, 0.05) is 16.6 Å². The number of carbonyl (C=O) groups is 1. The summed E-state index contributed by atoms with van der Waals surface area (Å²) in [4.78, 5) is 11.9. The van der Waals surface area contributed by atoms with Gasteiger partial charge in [0.15, 0.2) is 11.6 Å². The molecule has 2 aromatic rings. The Morgan fingerprint density at radius 3 is 2.21 bits per heavy atom. The summed E-state index contributed by atoms with van der Waals surface area (Å²) < 4.78 is 40.0. The first-order chi connectivity index (χ1) is 8.99. The number of halogens is 4. The van der Waals surface area contributed by atoms with E-state index >= 15 is 0 Å². The summed E-state index contributed by atoms with van der Waals surface area (Å²) in [6, 6.07) is 7.40. The first-order valence-electron chi connectivity index (χ1n) is 5.19. The Labute approximate surface area is 115 Å². The van der Waals surface area contributed by atoms with Crippen molar-refractivity contribution in [2.24, 2.45) is 0 Å². The van der Waals surface area contributed by atoms with Crippen molar-refractivity contribution in [3.63, 3.8) is 0 Å². The number of nitrogens with one attached hydrogen (secondary N) is 1. The van der Waals surface area contributed by atoms with Gasteiger partial charge in [-0.05, 0) is 28.1 Å². The van der Waals surface area contributed by atoms with Crippen molar-refractivity contribution in [3.8, 4) is 0 Å². The molecule has 0 aliphatic carbocycles. The maximum Gasteiger partial charge on any atom is 0.256 e. The number of hydrogen-bond acceptors (Lipinski definition) is 1. The fourth-order valence-corrected chi connectivity index (χ4v) is 1.95. The number of amides is 1. The standard InChI is InChI=1S/C13H7BrF3NO/c14-9-4-2-1-3-8(9)13(19)18-12-10(16)5-7(15)6-11(12)17/h1-6H,(H,18,19). The van der Waals surface area contributed by atoms with E-state index in [1.54, 1.807) is 18.2 Å². The Morgan fingerprint density at radius 1 is 1.05 bits per heavy atom. The third kappa shape index (κ3) is 2.96. The third-order valence-corrected chi connectivity index (χ3v) is 3.06. The molecule has 0 fully saturated rings. The molecule has 0 saturated heterocycles. The highest BCUT2D eigenvalue weighted by molar-refractivity contribution is 9.10. The molecule has 98 valence electrons. The molecule has 0 saturated carbocycles. The zero-order valence-electron chi connectivity index (χ0n) is 9.38. The van der Waals surface area contributed by atoms with Crippen LogP contribution < -0.4 is 5.32 Å². The molecule has 0 unspecified atom stereocenters. The molecule has 2 rings (SSSR count). The minimum Gasteiger partial charge on any atom is -0.317 e. The van der Waals surface area contributed by atoms with Crippen LogP contribution in [-0.4, -0.2) is 5.91 Å². The topological polar surface area (TPSA) is 29.1 Å². The van der Waals surface area contributed by atoms with Gasteiger partial charge in [0.25, 0.3) is 5.91 Å². The number of anilines is 1. The van der Waals surface area contributed by atoms with Crippen LogP contribution in [0, 0.1) is 17.5 Å². The van der Waals surface area contributed by atoms with Gasteiger partial charge in [-0.2, -0.15) is 0 Å². The minimum atomic E-state index is -1.17. The second-order valence-electron chi connectivity index (χ2n) is 3.68. The lowest BCUT2D eigenvalue weighted by Crippen LogP contribution is -2.15. The summed E-state index contributed by atoms with van der Waals surface area (Å²) in [7, 11) is 0. The highest BCUT2D eigenvalue weighted by atomic mass is 79.9. The van der Waals surface area contributed by atoms with Crippen LogP contribution in [0.5, 0.6) is 0 Å². The van der Waals surface area contributed by atoms with Crippen LogP contribution in [-0.2, 0) is 0 Å². The van der Waals surface area contributed by atoms with Crippen LogP contribution >= 0.6 is 15.9 Å². The number of benzene rings is 2. The zero-order chi connectivity index (χ0) is 14.0. The Hall–Kier alpha value is -1.82. The van der Waals surface area contributed by atoms with Gasteiger partial charge < -0.3 is 5.32 Å². The molecule has 2 nitrogen and oxygen atoms in total. The molecule has 0 heterocycles. The molecule has 1 amide bonds. The van der Waals surface area contributed by atoms with E-state index in [9.17, 15) is 18.0 Å². The number of rotatable bonds is 2. The highest BCUT2D eigenvalue weighted by Crippen LogP contribution is 2.22. The van der Waals surface area contributed by atoms with E-state index in [0.717, 1.165) is 0 Å². The molecule has 6 heteroatoms. The van der Waals surface area contributed by atoms with Crippen molar-refractivity contribution < 1.29 is 18.0 Å². The molecule has 0 aliphatic heterocycles. The van der Waals surface area contributed by atoms with Gasteiger partial charge >= 0.3 is 0 Å². The van der Waals surface area contributed by atoms with Gasteiger partial charge in [0.1, 0.15) is 11.5 Å². The number of hydrogen-bond donors (Lipinski definition) is 1. The fraction of sp³-hybridized carbons (Fsp3) is 0. The first-order valence-corrected chi connectivity index (χ1v) is 5.99. The van der Waals surface area contributed by atoms with E-state index in [4.69, 9.17) is 0 Å². The molecule has 0 bridgehead atoms. The van der Waals surface area contributed by atoms with E-state index in [1.807, 2.05) is 0 Å². The van der Waals surface area contributed by atoms with Crippen molar-refractivity contribution in [2.45, 2.75) is 0 Å². The Bertz CT molecular complexity index is 623. The normalized spacial score (nSPS) is 10.3. The van der Waals surface area contributed by atoms with E-state index in [2.05, 4.69) is 21.2 Å². The van der Waals surface area contributed by atoms with Crippen molar-refractivity contribution >= 4 is 27.5 Å². The van der Waals surface area contributed by atoms with Crippen LogP contribution in [0.15, 0.2) is 40.9 Å². The molecular formula is C13H7BrF3NO. The lowest BCUT2D eigenvalue weighted by molar-refractivity contribution is 0.102. The summed E-state index contributed by atoms with van der Waals surface area (Å²) in [6.45, 7) is 0. The largest absolute Gasteiger partial charge is 0.317 e. The smallest absolute Gasteiger partial charge is 0.256 e. The van der Waals surface area contributed by atoms with E-state index in [1.165, 1.54) is 6.07 Å². The van der Waals surface area contributed by atoms with Gasteiger partial charge in [0.2, 0.25) is 0 Å². The highest BCUT2D eigenvalue weighted by Gasteiger charge is 2.16. The van der Waals surface area contributed by atoms with Crippen LogP contribution in [0.4, 0.5) is 18.9 Å². The maximum absolute atomic E-state index is 13.4. The van der Waals surface area contributed by atoms with E-state index in [0.29, 0.717) is 16.6 Å². The molecule has 1 N–H and O–H groups in total. The molecule has 0 atom stereocenters. The molecular weight excluding hydrogens is 323 g/mol. The van der Waals surface area contributed by atoms with Crippen LogP contribution in [0.3, 0.4) is 0 Å². The van der Waals surface area contributed by atoms with Gasteiger partial charge in [-0.25, -0.2) is 13.2 Å². The van der Waals surface area contributed by atoms with Crippen molar-refractivity contribution in [2.75, 3.05) is 5.32 Å². The quantitative estimate of drug-likeness (QED) is 0.882. The van der Waals surface area contributed by atoms with E-state index in [-0.39, 0.29) is 5.56 Å². The molecule has 19 heavy (non-hydrogen) atoms. The predicted molar refractivity (Wildman–Crippen MR) is 68.4 cm³/mol. The van der Waals surface area contributed by atoms with Gasteiger partial charge in [0.05, 0.1) is 5.56 Å². The molecule has 2 aromatic carbocycles. The van der Waals surface area contributed by atoms with Crippen LogP contribution in [0.2, 0.25) is 0 Å². The summed E-state index contributed by atoms with van der Waals surface area (Å²) in [5.74, 6) is -4.08. The summed E-state index contributed by atoms with van der Waals surface area (Å²) in [6.07, 6.45) is 0. The Kier molecular flexibility index (Phi) is 3.90. The second-order valence-corrected chi connectivity index (χ2v) is 4.53. The summed E-state index contributed by atoms with van der Waals surface area (Å²) in [5.41, 5.74) is -0.465. The monoisotopic (exact) mass is 329 g/mol. The van der Waals surface area contributed by atoms with Crippen molar-refractivity contribution in [3.05, 3.63) is 63.9 Å². The Morgan fingerprint density at radius 2 is 1.63 bits per heavy atom. The summed E-state index contributed by atoms with van der Waals surface area (Å²) in [5, 5.41) is 2.08. The molecule has 0 radical (unpaired) electrons. The molecule has 0 aromatic heterocycles. The van der Waals surface area contributed by atoms with Crippen LogP contribution in [0.1, 0.15) is 10.4 Å². The van der Waals surface area contributed by atoms with Gasteiger partial charge in [-0.3, -0.25) is 4.79 Å². The zero-order valence-corrected chi connectivity index (χ0v) is 11.0. The van der Waals surface area contributed by atoms with E-state index < -0.39 is 29.0 Å². The lowest BCUT2D eigenvalue weighted by atomic mass is 10.2. The van der Waals surface area contributed by atoms with Gasteiger partial charge in [-0.1, -0.05) is 12.1 Å². The third-order valence-electron chi connectivity index (χ3n) is 2.36. The van der Waals surface area contributed by atoms with Crippen molar-refractivity contribution in [1.29, 1.82) is 0 Å². The average molecular weight is 330 g/mol. The predicted octanol–water partition coefficient (Wildman–Crippen LogP) is 4.12. The summed E-state index contributed by atoms with van der Waals surface area (Å²) >= 11 is 3.15. The second kappa shape index (κ2) is 5.44. The minimum absolute atomic E-state index is 0.214. The van der Waals surface area contributed by atoms with Gasteiger partial charge in [-0.15, -0.1) is 0 Å². The van der Waals surface area contributed by atoms with Crippen molar-refractivity contribution in [1.82, 2.24) is 0 Å². The maximum atomic E-state index is 13.4. The SMILES string of the molecule is O=C(Nc1c(F)cc(F)cc1F)c1ccccc1Br.